The molecule has 0 radical (unpaired) electrons. The van der Waals surface area contributed by atoms with Crippen LogP contribution in [-0.4, -0.2) is 4.98 Å². The van der Waals surface area contributed by atoms with E-state index in [0.717, 1.165) is 21.4 Å². The largest absolute Gasteiger partial charge is 0.360 e. The summed E-state index contributed by atoms with van der Waals surface area (Å²) < 4.78 is 1.01. The number of halogens is 1. The van der Waals surface area contributed by atoms with Gasteiger partial charge in [-0.15, -0.1) is 11.3 Å². The number of allylic oxidation sites excluding steroid dienone is 1. The molecule has 2 aromatic carbocycles. The Kier molecular flexibility index (Phi) is 5.32. The number of hydrogen-bond acceptors (Lipinski definition) is 4. The number of aromatic nitrogens is 1. The zero-order chi connectivity index (χ0) is 17.8. The van der Waals surface area contributed by atoms with Gasteiger partial charge in [0.2, 0.25) is 0 Å². The average molecular weight is 410 g/mol. The highest BCUT2D eigenvalue weighted by Gasteiger charge is 2.10. The van der Waals surface area contributed by atoms with Crippen LogP contribution < -0.4 is 5.32 Å². The zero-order valence-electron chi connectivity index (χ0n) is 13.9. The number of nitriles is 1. The number of rotatable bonds is 4. The van der Waals surface area contributed by atoms with Crippen molar-refractivity contribution in [2.24, 2.45) is 0 Å². The Morgan fingerprint density at radius 1 is 1.20 bits per heavy atom. The second-order valence-electron chi connectivity index (χ2n) is 5.68. The standard InChI is InChI=1S/C20H16BrN3S/c1-13-3-8-18(14(2)9-13)19-12-25-20(24-19)15(10-22)11-23-17-6-4-16(21)5-7-17/h3-9,11-12,23H,1-2H3. The van der Waals surface area contributed by atoms with Crippen LogP contribution >= 0.6 is 27.3 Å². The van der Waals surface area contributed by atoms with Crippen LogP contribution in [0.1, 0.15) is 16.1 Å². The first kappa shape index (κ1) is 17.4. The molecule has 0 unspecified atom stereocenters. The molecule has 0 amide bonds. The smallest absolute Gasteiger partial charge is 0.136 e. The molecule has 0 aliphatic carbocycles. The molecule has 0 aliphatic rings. The highest BCUT2D eigenvalue weighted by atomic mass is 79.9. The van der Waals surface area contributed by atoms with Crippen molar-refractivity contribution in [1.29, 1.82) is 5.26 Å². The Morgan fingerprint density at radius 2 is 1.96 bits per heavy atom. The fraction of sp³-hybridized carbons (Fsp3) is 0.100. The van der Waals surface area contributed by atoms with E-state index in [9.17, 15) is 5.26 Å². The number of thiazole rings is 1. The first-order chi connectivity index (χ1) is 12.1. The second-order valence-corrected chi connectivity index (χ2v) is 7.45. The average Bonchev–Trinajstić information content (AvgIpc) is 3.06. The van der Waals surface area contributed by atoms with E-state index >= 15 is 0 Å². The van der Waals surface area contributed by atoms with Crippen LogP contribution in [0.2, 0.25) is 0 Å². The van der Waals surface area contributed by atoms with Crippen molar-refractivity contribution in [3.63, 3.8) is 0 Å². The Hall–Kier alpha value is -2.42. The Balaban J connectivity index is 1.85. The van der Waals surface area contributed by atoms with Gasteiger partial charge < -0.3 is 5.32 Å². The minimum atomic E-state index is 0.518. The highest BCUT2D eigenvalue weighted by molar-refractivity contribution is 9.10. The summed E-state index contributed by atoms with van der Waals surface area (Å²) in [5, 5.41) is 15.3. The van der Waals surface area contributed by atoms with Crippen molar-refractivity contribution in [3.05, 3.63) is 74.7 Å². The molecule has 3 nitrogen and oxygen atoms in total. The third kappa shape index (κ3) is 4.16. The molecule has 3 rings (SSSR count). The molecule has 3 aromatic rings. The molecule has 1 N–H and O–H groups in total. The van der Waals surface area contributed by atoms with E-state index in [1.54, 1.807) is 6.20 Å². The summed E-state index contributed by atoms with van der Waals surface area (Å²) in [5.41, 5.74) is 5.86. The topological polar surface area (TPSA) is 48.7 Å². The summed E-state index contributed by atoms with van der Waals surface area (Å²) >= 11 is 4.89. The predicted octanol–water partition coefficient (Wildman–Crippen LogP) is 6.17. The molecule has 0 fully saturated rings. The van der Waals surface area contributed by atoms with Gasteiger partial charge >= 0.3 is 0 Å². The van der Waals surface area contributed by atoms with Crippen LogP contribution in [0.5, 0.6) is 0 Å². The minimum Gasteiger partial charge on any atom is -0.360 e. The third-order valence-corrected chi connectivity index (χ3v) is 5.14. The van der Waals surface area contributed by atoms with E-state index < -0.39 is 0 Å². The summed E-state index contributed by atoms with van der Waals surface area (Å²) in [6.45, 7) is 4.16. The number of nitrogens with one attached hydrogen (secondary N) is 1. The molecule has 0 aliphatic heterocycles. The van der Waals surface area contributed by atoms with Gasteiger partial charge in [-0.2, -0.15) is 5.26 Å². The normalized spacial score (nSPS) is 11.2. The summed E-state index contributed by atoms with van der Waals surface area (Å²) in [7, 11) is 0. The molecule has 0 saturated heterocycles. The van der Waals surface area contributed by atoms with E-state index in [-0.39, 0.29) is 0 Å². The first-order valence-corrected chi connectivity index (χ1v) is 9.40. The van der Waals surface area contributed by atoms with Crippen LogP contribution in [0.25, 0.3) is 16.8 Å². The number of benzene rings is 2. The van der Waals surface area contributed by atoms with E-state index in [0.29, 0.717) is 10.6 Å². The van der Waals surface area contributed by atoms with Gasteiger partial charge in [0.25, 0.3) is 0 Å². The predicted molar refractivity (Wildman–Crippen MR) is 108 cm³/mol. The maximum absolute atomic E-state index is 9.47. The lowest BCUT2D eigenvalue weighted by atomic mass is 10.0. The molecule has 0 saturated carbocycles. The SMILES string of the molecule is Cc1ccc(-c2csc(C(C#N)=CNc3ccc(Br)cc3)n2)c(C)c1. The molecule has 5 heteroatoms. The number of anilines is 1. The molecular formula is C20H16BrN3S. The maximum Gasteiger partial charge on any atom is 0.136 e. The number of hydrogen-bond donors (Lipinski definition) is 1. The first-order valence-electron chi connectivity index (χ1n) is 7.73. The molecule has 0 bridgehead atoms. The Labute approximate surface area is 159 Å². The summed E-state index contributed by atoms with van der Waals surface area (Å²) in [4.78, 5) is 4.65. The Morgan fingerprint density at radius 3 is 2.64 bits per heavy atom. The van der Waals surface area contributed by atoms with Gasteiger partial charge in [-0.05, 0) is 43.7 Å². The van der Waals surface area contributed by atoms with Crippen LogP contribution in [0, 0.1) is 25.2 Å². The fourth-order valence-corrected chi connectivity index (χ4v) is 3.52. The van der Waals surface area contributed by atoms with Crippen LogP contribution in [0.4, 0.5) is 5.69 Å². The van der Waals surface area contributed by atoms with Crippen molar-refractivity contribution in [2.45, 2.75) is 13.8 Å². The van der Waals surface area contributed by atoms with E-state index in [1.165, 1.54) is 22.5 Å². The molecule has 1 aromatic heterocycles. The van der Waals surface area contributed by atoms with Crippen molar-refractivity contribution in [3.8, 4) is 17.3 Å². The summed E-state index contributed by atoms with van der Waals surface area (Å²) in [5.74, 6) is 0. The van der Waals surface area contributed by atoms with Gasteiger partial charge in [-0.25, -0.2) is 4.98 Å². The third-order valence-electron chi connectivity index (χ3n) is 3.74. The van der Waals surface area contributed by atoms with Gasteiger partial charge in [-0.3, -0.25) is 0 Å². The van der Waals surface area contributed by atoms with Gasteiger partial charge in [-0.1, -0.05) is 39.7 Å². The molecule has 0 atom stereocenters. The van der Waals surface area contributed by atoms with Crippen LogP contribution in [0.15, 0.2) is 58.5 Å². The van der Waals surface area contributed by atoms with Gasteiger partial charge in [0.15, 0.2) is 0 Å². The van der Waals surface area contributed by atoms with Crippen molar-refractivity contribution < 1.29 is 0 Å². The van der Waals surface area contributed by atoms with Crippen LogP contribution in [-0.2, 0) is 0 Å². The number of aryl methyl sites for hydroxylation is 2. The second kappa shape index (κ2) is 7.64. The van der Waals surface area contributed by atoms with Crippen molar-refractivity contribution in [2.75, 3.05) is 5.32 Å². The lowest BCUT2D eigenvalue weighted by Crippen LogP contribution is -1.91. The molecule has 0 spiro atoms. The Bertz CT molecular complexity index is 965. The molecule has 1 heterocycles. The maximum atomic E-state index is 9.47. The van der Waals surface area contributed by atoms with Gasteiger partial charge in [0.1, 0.15) is 16.6 Å². The summed E-state index contributed by atoms with van der Waals surface area (Å²) in [6, 6.07) is 16.3. The number of nitrogens with zero attached hydrogens (tertiary/aromatic N) is 2. The minimum absolute atomic E-state index is 0.518. The zero-order valence-corrected chi connectivity index (χ0v) is 16.3. The molecule has 25 heavy (non-hydrogen) atoms. The van der Waals surface area contributed by atoms with Gasteiger partial charge in [0, 0.05) is 27.3 Å². The van der Waals surface area contributed by atoms with Crippen LogP contribution in [0.3, 0.4) is 0 Å². The monoisotopic (exact) mass is 409 g/mol. The van der Waals surface area contributed by atoms with E-state index in [1.807, 2.05) is 29.6 Å². The molecular weight excluding hydrogens is 394 g/mol. The summed E-state index contributed by atoms with van der Waals surface area (Å²) in [6.07, 6.45) is 1.70. The lowest BCUT2D eigenvalue weighted by molar-refractivity contribution is 1.32. The van der Waals surface area contributed by atoms with Crippen molar-refractivity contribution in [1.82, 2.24) is 4.98 Å². The fourth-order valence-electron chi connectivity index (χ4n) is 2.47. The van der Waals surface area contributed by atoms with E-state index in [4.69, 9.17) is 0 Å². The van der Waals surface area contributed by atoms with Crippen molar-refractivity contribution >= 4 is 38.5 Å². The lowest BCUT2D eigenvalue weighted by Gasteiger charge is -2.03. The highest BCUT2D eigenvalue weighted by Crippen LogP contribution is 2.28. The van der Waals surface area contributed by atoms with Gasteiger partial charge in [0.05, 0.1) is 5.69 Å². The molecule has 124 valence electrons. The van der Waals surface area contributed by atoms with E-state index in [2.05, 4.69) is 64.3 Å². The quantitative estimate of drug-likeness (QED) is 0.524.